The molecule has 0 saturated heterocycles. The van der Waals surface area contributed by atoms with Gasteiger partial charge in [0.2, 0.25) is 0 Å². The van der Waals surface area contributed by atoms with E-state index < -0.39 is 10.2 Å². The molecule has 0 atom stereocenters. The molecule has 0 aromatic heterocycles. The minimum Gasteiger partial charge on any atom is -0.195 e. The van der Waals surface area contributed by atoms with Gasteiger partial charge in [0.25, 0.3) is 10.2 Å². The van der Waals surface area contributed by atoms with E-state index in [1.54, 1.807) is 12.1 Å². The molecule has 0 aliphatic heterocycles. The van der Waals surface area contributed by atoms with Crippen LogP contribution in [0.4, 0.5) is 0 Å². The highest BCUT2D eigenvalue weighted by molar-refractivity contribution is 7.87. The highest BCUT2D eigenvalue weighted by Crippen LogP contribution is 2.12. The first-order valence-electron chi connectivity index (χ1n) is 4.84. The lowest BCUT2D eigenvalue weighted by Crippen LogP contribution is -2.35. The van der Waals surface area contributed by atoms with Crippen LogP contribution in [0.15, 0.2) is 24.3 Å². The fraction of sp³-hybridized carbons (Fsp3) is 0.273. The van der Waals surface area contributed by atoms with Crippen molar-refractivity contribution in [2.45, 2.75) is 0 Å². The Hall–Kier alpha value is -1.06. The van der Waals surface area contributed by atoms with Crippen molar-refractivity contribution in [2.24, 2.45) is 0 Å². The largest absolute Gasteiger partial charge is 0.279 e. The molecular weight excluding hydrogens is 260 g/mol. The van der Waals surface area contributed by atoms with Crippen molar-refractivity contribution in [1.82, 2.24) is 9.03 Å². The molecule has 0 radical (unpaired) electrons. The summed E-state index contributed by atoms with van der Waals surface area (Å²) in [7, 11) is -0.518. The zero-order chi connectivity index (χ0) is 12.9. The Kier molecular flexibility index (Phi) is 4.97. The Morgan fingerprint density at radius 2 is 2.00 bits per heavy atom. The van der Waals surface area contributed by atoms with Gasteiger partial charge < -0.3 is 0 Å². The molecule has 4 nitrogen and oxygen atoms in total. The molecule has 0 aliphatic carbocycles. The van der Waals surface area contributed by atoms with Gasteiger partial charge in [0.15, 0.2) is 0 Å². The third-order valence-electron chi connectivity index (χ3n) is 1.92. The lowest BCUT2D eigenvalue weighted by atomic mass is 10.2. The van der Waals surface area contributed by atoms with Crippen molar-refractivity contribution < 1.29 is 8.42 Å². The molecular formula is C11H13ClN2O2S. The van der Waals surface area contributed by atoms with Gasteiger partial charge in [-0.2, -0.15) is 17.4 Å². The van der Waals surface area contributed by atoms with E-state index in [-0.39, 0.29) is 6.54 Å². The Bertz CT molecular complexity index is 544. The molecule has 0 saturated carbocycles. The second-order valence-corrected chi connectivity index (χ2v) is 5.77. The maximum Gasteiger partial charge on any atom is 0.279 e. The molecule has 1 aromatic rings. The second-order valence-electron chi connectivity index (χ2n) is 3.39. The minimum atomic E-state index is -3.41. The molecule has 6 heteroatoms. The standard InChI is InChI=1S/C11H13ClN2O2S/c1-14(2)17(15,16)13-9-5-7-10-6-3-4-8-11(10)12/h3-4,6,8,13H,9H2,1-2H3. The minimum absolute atomic E-state index is 0.0474. The summed E-state index contributed by atoms with van der Waals surface area (Å²) in [6, 6.07) is 7.13. The molecule has 1 N–H and O–H groups in total. The van der Waals surface area contributed by atoms with E-state index in [2.05, 4.69) is 16.6 Å². The number of hydrogen-bond acceptors (Lipinski definition) is 2. The van der Waals surface area contributed by atoms with Crippen molar-refractivity contribution in [3.05, 3.63) is 34.9 Å². The van der Waals surface area contributed by atoms with Crippen LogP contribution >= 0.6 is 11.6 Å². The first-order chi connectivity index (χ1) is 7.93. The Morgan fingerprint density at radius 3 is 2.59 bits per heavy atom. The Labute approximate surface area is 107 Å². The van der Waals surface area contributed by atoms with Crippen LogP contribution in [0.2, 0.25) is 5.02 Å². The molecule has 92 valence electrons. The van der Waals surface area contributed by atoms with Gasteiger partial charge in [-0.15, -0.1) is 0 Å². The molecule has 0 aliphatic rings. The predicted octanol–water partition coefficient (Wildman–Crippen LogP) is 1.09. The van der Waals surface area contributed by atoms with Crippen LogP contribution in [0.3, 0.4) is 0 Å². The molecule has 0 spiro atoms. The summed E-state index contributed by atoms with van der Waals surface area (Å²) >= 11 is 5.89. The summed E-state index contributed by atoms with van der Waals surface area (Å²) in [5.74, 6) is 5.50. The highest BCUT2D eigenvalue weighted by Gasteiger charge is 2.10. The van der Waals surface area contributed by atoms with Gasteiger partial charge >= 0.3 is 0 Å². The van der Waals surface area contributed by atoms with Gasteiger partial charge in [-0.3, -0.25) is 0 Å². The van der Waals surface area contributed by atoms with Gasteiger partial charge in [0.05, 0.1) is 11.6 Å². The number of hydrogen-bond donors (Lipinski definition) is 1. The molecule has 0 amide bonds. The van der Waals surface area contributed by atoms with Crippen molar-refractivity contribution in [1.29, 1.82) is 0 Å². The number of nitrogens with zero attached hydrogens (tertiary/aromatic N) is 1. The number of benzene rings is 1. The van der Waals surface area contributed by atoms with Gasteiger partial charge in [-0.25, -0.2) is 0 Å². The van der Waals surface area contributed by atoms with Crippen molar-refractivity contribution in [3.8, 4) is 11.8 Å². The van der Waals surface area contributed by atoms with Crippen molar-refractivity contribution >= 4 is 21.8 Å². The number of nitrogens with one attached hydrogen (secondary N) is 1. The summed E-state index contributed by atoms with van der Waals surface area (Å²) in [5.41, 5.74) is 0.679. The van der Waals surface area contributed by atoms with Gasteiger partial charge in [-0.05, 0) is 12.1 Å². The zero-order valence-corrected chi connectivity index (χ0v) is 11.1. The van der Waals surface area contributed by atoms with Crippen molar-refractivity contribution in [3.63, 3.8) is 0 Å². The van der Waals surface area contributed by atoms with E-state index in [0.29, 0.717) is 10.6 Å². The topological polar surface area (TPSA) is 49.4 Å². The fourth-order valence-corrected chi connectivity index (χ4v) is 1.65. The van der Waals surface area contributed by atoms with Crippen LogP contribution in [-0.4, -0.2) is 33.4 Å². The second kappa shape index (κ2) is 6.03. The monoisotopic (exact) mass is 272 g/mol. The molecule has 0 unspecified atom stereocenters. The highest BCUT2D eigenvalue weighted by atomic mass is 35.5. The van der Waals surface area contributed by atoms with E-state index >= 15 is 0 Å². The normalized spacial score (nSPS) is 11.1. The predicted molar refractivity (Wildman–Crippen MR) is 68.9 cm³/mol. The first kappa shape index (κ1) is 14.0. The summed E-state index contributed by atoms with van der Waals surface area (Å²) in [4.78, 5) is 0. The lowest BCUT2D eigenvalue weighted by Gasteiger charge is -2.09. The molecule has 17 heavy (non-hydrogen) atoms. The maximum absolute atomic E-state index is 11.3. The van der Waals surface area contributed by atoms with E-state index in [9.17, 15) is 8.42 Å². The summed E-state index contributed by atoms with van der Waals surface area (Å²) in [6.45, 7) is 0.0474. The van der Waals surface area contributed by atoms with Crippen molar-refractivity contribution in [2.75, 3.05) is 20.6 Å². The summed E-state index contributed by atoms with van der Waals surface area (Å²) < 4.78 is 26.1. The third-order valence-corrected chi connectivity index (χ3v) is 3.72. The molecule has 0 heterocycles. The maximum atomic E-state index is 11.3. The van der Waals surface area contributed by atoms with Crippen LogP contribution in [0.5, 0.6) is 0 Å². The van der Waals surface area contributed by atoms with E-state index in [1.165, 1.54) is 14.1 Å². The van der Waals surface area contributed by atoms with E-state index in [0.717, 1.165) is 4.31 Å². The van der Waals surface area contributed by atoms with Gasteiger partial charge in [0, 0.05) is 19.7 Å². The molecule has 0 bridgehead atoms. The third kappa shape index (κ3) is 4.36. The van der Waals surface area contributed by atoms with Crippen LogP contribution in [0.25, 0.3) is 0 Å². The smallest absolute Gasteiger partial charge is 0.195 e. The number of rotatable bonds is 3. The van der Waals surface area contributed by atoms with Crippen LogP contribution < -0.4 is 4.72 Å². The zero-order valence-electron chi connectivity index (χ0n) is 9.57. The first-order valence-corrected chi connectivity index (χ1v) is 6.66. The number of halogens is 1. The Balaban J connectivity index is 2.63. The van der Waals surface area contributed by atoms with E-state index in [1.807, 2.05) is 12.1 Å². The Morgan fingerprint density at radius 1 is 1.35 bits per heavy atom. The summed E-state index contributed by atoms with van der Waals surface area (Å²) in [5, 5.41) is 0.551. The lowest BCUT2D eigenvalue weighted by molar-refractivity contribution is 0.509. The van der Waals surface area contributed by atoms with Crippen LogP contribution in [0, 0.1) is 11.8 Å². The molecule has 1 aromatic carbocycles. The fourth-order valence-electron chi connectivity index (χ4n) is 0.958. The molecule has 0 fully saturated rings. The van der Waals surface area contributed by atoms with Gasteiger partial charge in [0.1, 0.15) is 0 Å². The summed E-state index contributed by atoms with van der Waals surface area (Å²) in [6.07, 6.45) is 0. The average Bonchev–Trinajstić information content (AvgIpc) is 2.26. The van der Waals surface area contributed by atoms with Gasteiger partial charge in [-0.1, -0.05) is 35.6 Å². The molecule has 1 rings (SSSR count). The SMILES string of the molecule is CN(C)S(=O)(=O)NCC#Cc1ccccc1Cl. The van der Waals surface area contributed by atoms with Crippen LogP contribution in [0.1, 0.15) is 5.56 Å². The van der Waals surface area contributed by atoms with Crippen LogP contribution in [-0.2, 0) is 10.2 Å². The van der Waals surface area contributed by atoms with E-state index in [4.69, 9.17) is 11.6 Å². The quantitative estimate of drug-likeness (QED) is 0.838. The average molecular weight is 273 g/mol.